The molecule has 26 heavy (non-hydrogen) atoms. The molecule has 0 spiro atoms. The Bertz CT molecular complexity index is 743. The predicted octanol–water partition coefficient (Wildman–Crippen LogP) is 3.26. The third kappa shape index (κ3) is 6.82. The quantitative estimate of drug-likeness (QED) is 0.294. The van der Waals surface area contributed by atoms with E-state index in [1.807, 2.05) is 48.9 Å². The largest absolute Gasteiger partial charge is 0.356 e. The van der Waals surface area contributed by atoms with Crippen LogP contribution in [0.1, 0.15) is 24.1 Å². The number of hydrogen-bond acceptors (Lipinski definition) is 2. The van der Waals surface area contributed by atoms with Gasteiger partial charge in [0.25, 0.3) is 5.56 Å². The van der Waals surface area contributed by atoms with E-state index in [1.165, 1.54) is 5.56 Å². The second-order valence-corrected chi connectivity index (χ2v) is 6.18. The van der Waals surface area contributed by atoms with Crippen LogP contribution >= 0.6 is 24.0 Å². The van der Waals surface area contributed by atoms with E-state index < -0.39 is 0 Å². The summed E-state index contributed by atoms with van der Waals surface area (Å²) in [7, 11) is 3.84. The van der Waals surface area contributed by atoms with Crippen molar-refractivity contribution in [2.24, 2.45) is 4.99 Å². The maximum absolute atomic E-state index is 11.8. The number of pyridine rings is 1. The Balaban J connectivity index is 0.00000338. The van der Waals surface area contributed by atoms with Gasteiger partial charge in [-0.15, -0.1) is 24.0 Å². The number of unbranched alkanes of at least 4 members (excludes halogenated alkanes) is 1. The summed E-state index contributed by atoms with van der Waals surface area (Å²) in [4.78, 5) is 18.3. The summed E-state index contributed by atoms with van der Waals surface area (Å²) in [5.74, 6) is 0.886. The van der Waals surface area contributed by atoms with E-state index in [0.717, 1.165) is 44.1 Å². The monoisotopic (exact) mass is 468 g/mol. The van der Waals surface area contributed by atoms with E-state index in [4.69, 9.17) is 0 Å². The molecule has 0 saturated carbocycles. The number of nitrogens with one attached hydrogen (secondary N) is 1. The van der Waals surface area contributed by atoms with Crippen LogP contribution in [-0.2, 0) is 13.1 Å². The summed E-state index contributed by atoms with van der Waals surface area (Å²) in [6.45, 7) is 4.39. The molecule has 0 amide bonds. The van der Waals surface area contributed by atoms with Gasteiger partial charge in [-0.2, -0.15) is 0 Å². The van der Waals surface area contributed by atoms with Gasteiger partial charge >= 0.3 is 0 Å². The number of aryl methyl sites for hydroxylation is 1. The smallest absolute Gasteiger partial charge is 0.250 e. The summed E-state index contributed by atoms with van der Waals surface area (Å²) < 4.78 is 1.83. The van der Waals surface area contributed by atoms with Crippen molar-refractivity contribution in [1.29, 1.82) is 0 Å². The van der Waals surface area contributed by atoms with Gasteiger partial charge in [0, 0.05) is 45.5 Å². The maximum atomic E-state index is 11.8. The summed E-state index contributed by atoms with van der Waals surface area (Å²) in [6.07, 6.45) is 1.94. The Morgan fingerprint density at radius 3 is 2.50 bits per heavy atom. The van der Waals surface area contributed by atoms with Crippen molar-refractivity contribution < 1.29 is 0 Å². The van der Waals surface area contributed by atoms with Crippen LogP contribution in [0.25, 0.3) is 0 Å². The van der Waals surface area contributed by atoms with Crippen LogP contribution in [0.3, 0.4) is 0 Å². The molecular weight excluding hydrogens is 439 g/mol. The van der Waals surface area contributed by atoms with Crippen LogP contribution in [0.15, 0.2) is 58.3 Å². The van der Waals surface area contributed by atoms with E-state index in [0.29, 0.717) is 0 Å². The van der Waals surface area contributed by atoms with E-state index >= 15 is 0 Å². The van der Waals surface area contributed by atoms with Crippen LogP contribution < -0.4 is 10.9 Å². The van der Waals surface area contributed by atoms with Crippen molar-refractivity contribution in [3.63, 3.8) is 0 Å². The van der Waals surface area contributed by atoms with Gasteiger partial charge < -0.3 is 14.8 Å². The number of guanidine groups is 1. The first-order chi connectivity index (χ1) is 12.1. The zero-order valence-electron chi connectivity index (χ0n) is 15.8. The molecule has 0 saturated heterocycles. The molecule has 0 radical (unpaired) electrons. The molecule has 0 atom stereocenters. The van der Waals surface area contributed by atoms with Gasteiger partial charge in [-0.1, -0.05) is 36.4 Å². The number of hydrogen-bond donors (Lipinski definition) is 1. The molecule has 6 heteroatoms. The Morgan fingerprint density at radius 2 is 1.85 bits per heavy atom. The Morgan fingerprint density at radius 1 is 1.12 bits per heavy atom. The third-order valence-corrected chi connectivity index (χ3v) is 4.20. The van der Waals surface area contributed by atoms with Gasteiger partial charge in [-0.3, -0.25) is 9.79 Å². The minimum atomic E-state index is 0. The van der Waals surface area contributed by atoms with Crippen LogP contribution in [0, 0.1) is 6.92 Å². The fraction of sp³-hybridized carbons (Fsp3) is 0.400. The average molecular weight is 468 g/mol. The van der Waals surface area contributed by atoms with E-state index in [-0.39, 0.29) is 29.5 Å². The molecule has 5 nitrogen and oxygen atoms in total. The van der Waals surface area contributed by atoms with Gasteiger partial charge in [-0.05, 0) is 31.4 Å². The first kappa shape index (κ1) is 22.2. The molecular formula is C20H29IN4O. The number of aliphatic imine (C=N–C) groups is 1. The fourth-order valence-corrected chi connectivity index (χ4v) is 2.82. The van der Waals surface area contributed by atoms with Gasteiger partial charge in [-0.25, -0.2) is 0 Å². The van der Waals surface area contributed by atoms with Gasteiger partial charge in [0.05, 0.1) is 0 Å². The molecule has 0 unspecified atom stereocenters. The SMILES string of the molecule is CN=C(NCCCCn1c(C)cccc1=O)N(C)Cc1ccccc1.I. The average Bonchev–Trinajstić information content (AvgIpc) is 2.61. The lowest BCUT2D eigenvalue weighted by Crippen LogP contribution is -2.39. The minimum absolute atomic E-state index is 0. The molecule has 1 aromatic heterocycles. The molecule has 1 N–H and O–H groups in total. The van der Waals surface area contributed by atoms with Crippen molar-refractivity contribution in [2.75, 3.05) is 20.6 Å². The van der Waals surface area contributed by atoms with Gasteiger partial charge in [0.1, 0.15) is 0 Å². The molecule has 1 aromatic carbocycles. The molecule has 0 aliphatic heterocycles. The van der Waals surface area contributed by atoms with Gasteiger partial charge in [0.2, 0.25) is 0 Å². The van der Waals surface area contributed by atoms with Crippen molar-refractivity contribution >= 4 is 29.9 Å². The number of aromatic nitrogens is 1. The number of rotatable bonds is 7. The molecule has 0 aliphatic rings. The van der Waals surface area contributed by atoms with Crippen molar-refractivity contribution in [1.82, 2.24) is 14.8 Å². The topological polar surface area (TPSA) is 49.6 Å². The lowest BCUT2D eigenvalue weighted by molar-refractivity contribution is 0.472. The van der Waals surface area contributed by atoms with E-state index in [9.17, 15) is 4.79 Å². The lowest BCUT2D eigenvalue weighted by atomic mass is 10.2. The van der Waals surface area contributed by atoms with Crippen molar-refractivity contribution in [2.45, 2.75) is 32.9 Å². The number of halogens is 1. The van der Waals surface area contributed by atoms with E-state index in [2.05, 4.69) is 27.3 Å². The number of nitrogens with zero attached hydrogens (tertiary/aromatic N) is 3. The molecule has 2 aromatic rings. The summed E-state index contributed by atoms with van der Waals surface area (Å²) in [5, 5.41) is 3.39. The standard InChI is InChI=1S/C20H28N4O.HI/c1-17-10-9-13-19(25)24(17)15-8-7-14-22-20(21-2)23(3)16-18-11-5-4-6-12-18;/h4-6,9-13H,7-8,14-16H2,1-3H3,(H,21,22);1H. The molecule has 2 rings (SSSR count). The highest BCUT2D eigenvalue weighted by molar-refractivity contribution is 14.0. The zero-order valence-corrected chi connectivity index (χ0v) is 18.1. The van der Waals surface area contributed by atoms with Crippen LogP contribution in [0.5, 0.6) is 0 Å². The summed E-state index contributed by atoms with van der Waals surface area (Å²) in [6, 6.07) is 15.7. The second kappa shape index (κ2) is 11.7. The summed E-state index contributed by atoms with van der Waals surface area (Å²) in [5.41, 5.74) is 2.34. The minimum Gasteiger partial charge on any atom is -0.356 e. The van der Waals surface area contributed by atoms with E-state index in [1.54, 1.807) is 13.1 Å². The lowest BCUT2D eigenvalue weighted by Gasteiger charge is -2.22. The molecule has 0 fully saturated rings. The highest BCUT2D eigenvalue weighted by Crippen LogP contribution is 2.03. The first-order valence-electron chi connectivity index (χ1n) is 8.74. The van der Waals surface area contributed by atoms with Crippen molar-refractivity contribution in [3.05, 3.63) is 70.1 Å². The predicted molar refractivity (Wildman–Crippen MR) is 119 cm³/mol. The Labute approximate surface area is 173 Å². The normalized spacial score (nSPS) is 11.0. The van der Waals surface area contributed by atoms with Crippen molar-refractivity contribution in [3.8, 4) is 0 Å². The summed E-state index contributed by atoms with van der Waals surface area (Å²) >= 11 is 0. The first-order valence-corrected chi connectivity index (χ1v) is 8.74. The van der Waals surface area contributed by atoms with Crippen LogP contribution in [-0.4, -0.2) is 36.1 Å². The fourth-order valence-electron chi connectivity index (χ4n) is 2.82. The van der Waals surface area contributed by atoms with Crippen LogP contribution in [0.2, 0.25) is 0 Å². The maximum Gasteiger partial charge on any atom is 0.250 e. The molecule has 0 aliphatic carbocycles. The second-order valence-electron chi connectivity index (χ2n) is 6.18. The Hall–Kier alpha value is -1.83. The molecule has 142 valence electrons. The van der Waals surface area contributed by atoms with Gasteiger partial charge in [0.15, 0.2) is 5.96 Å². The highest BCUT2D eigenvalue weighted by Gasteiger charge is 2.06. The molecule has 0 bridgehead atoms. The van der Waals surface area contributed by atoms with Crippen LogP contribution in [0.4, 0.5) is 0 Å². The third-order valence-electron chi connectivity index (χ3n) is 4.20. The Kier molecular flexibility index (Phi) is 10.0. The zero-order chi connectivity index (χ0) is 18.1. The number of benzene rings is 1. The molecule has 1 heterocycles. The highest BCUT2D eigenvalue weighted by atomic mass is 127.